The van der Waals surface area contributed by atoms with E-state index < -0.39 is 0 Å². The molecule has 0 N–H and O–H groups in total. The van der Waals surface area contributed by atoms with Gasteiger partial charge in [-0.25, -0.2) is 0 Å². The summed E-state index contributed by atoms with van der Waals surface area (Å²) in [6, 6.07) is 0. The lowest BCUT2D eigenvalue weighted by atomic mass is 9.85. The average Bonchev–Trinajstić information content (AvgIpc) is 2.66. The molecular weight excluding hydrogens is 148 g/mol. The Bertz CT molecular complexity index is 311. The highest BCUT2D eigenvalue weighted by Crippen LogP contribution is 2.52. The van der Waals surface area contributed by atoms with Crippen LogP contribution in [0.25, 0.3) is 0 Å². The van der Waals surface area contributed by atoms with Crippen LogP contribution in [0.1, 0.15) is 13.3 Å². The first-order valence-electron chi connectivity index (χ1n) is 4.68. The zero-order valence-electron chi connectivity index (χ0n) is 7.16. The van der Waals surface area contributed by atoms with Crippen molar-refractivity contribution in [1.82, 2.24) is 0 Å². The van der Waals surface area contributed by atoms with E-state index in [-0.39, 0.29) is 0 Å². The largest absolute Gasteiger partial charge is 0.294 e. The first-order chi connectivity index (χ1) is 5.77. The van der Waals surface area contributed by atoms with Crippen molar-refractivity contribution in [3.05, 3.63) is 23.8 Å². The Morgan fingerprint density at radius 1 is 1.33 bits per heavy atom. The zero-order valence-corrected chi connectivity index (χ0v) is 7.16. The number of allylic oxidation sites excluding steroid dienone is 4. The lowest BCUT2D eigenvalue weighted by Gasteiger charge is -2.17. The van der Waals surface area contributed by atoms with Crippen molar-refractivity contribution < 1.29 is 4.79 Å². The van der Waals surface area contributed by atoms with Gasteiger partial charge in [-0.3, -0.25) is 4.79 Å². The standard InChI is InChI=1S/C11H12O/c1-6-4-9-7-2-3-8(5-7)10(9)11(6)12/h2-4,7-10H,5H2,1H3/t7-,8+,9-,10+/m0/s1. The van der Waals surface area contributed by atoms with Crippen LogP contribution in [-0.2, 0) is 4.79 Å². The molecular formula is C11H12O. The van der Waals surface area contributed by atoms with E-state index in [2.05, 4.69) is 18.2 Å². The fourth-order valence-electron chi connectivity index (χ4n) is 3.09. The van der Waals surface area contributed by atoms with Crippen LogP contribution < -0.4 is 0 Å². The van der Waals surface area contributed by atoms with Crippen molar-refractivity contribution >= 4 is 5.78 Å². The smallest absolute Gasteiger partial charge is 0.162 e. The molecule has 0 aliphatic heterocycles. The normalized spacial score (nSPS) is 48.4. The monoisotopic (exact) mass is 160 g/mol. The lowest BCUT2D eigenvalue weighted by Crippen LogP contribution is -2.20. The fraction of sp³-hybridized carbons (Fsp3) is 0.545. The molecule has 4 atom stereocenters. The van der Waals surface area contributed by atoms with Crippen LogP contribution in [0.2, 0.25) is 0 Å². The fourth-order valence-corrected chi connectivity index (χ4v) is 3.09. The predicted molar refractivity (Wildman–Crippen MR) is 46.5 cm³/mol. The van der Waals surface area contributed by atoms with Crippen LogP contribution in [0.3, 0.4) is 0 Å². The van der Waals surface area contributed by atoms with Crippen LogP contribution in [0.5, 0.6) is 0 Å². The Morgan fingerprint density at radius 2 is 2.08 bits per heavy atom. The molecule has 0 aromatic carbocycles. The minimum absolute atomic E-state index is 0.333. The van der Waals surface area contributed by atoms with Crippen molar-refractivity contribution in [3.63, 3.8) is 0 Å². The minimum Gasteiger partial charge on any atom is -0.294 e. The van der Waals surface area contributed by atoms with E-state index in [9.17, 15) is 4.79 Å². The van der Waals surface area contributed by atoms with Crippen LogP contribution in [0.4, 0.5) is 0 Å². The van der Waals surface area contributed by atoms with Gasteiger partial charge in [0.15, 0.2) is 5.78 Å². The number of carbonyl (C=O) groups is 1. The molecule has 1 saturated carbocycles. The number of rotatable bonds is 0. The molecule has 62 valence electrons. The molecule has 1 heteroatoms. The summed E-state index contributed by atoms with van der Waals surface area (Å²) in [5, 5.41) is 0. The van der Waals surface area contributed by atoms with Crippen molar-refractivity contribution in [2.45, 2.75) is 13.3 Å². The molecule has 12 heavy (non-hydrogen) atoms. The van der Waals surface area contributed by atoms with E-state index in [0.29, 0.717) is 29.5 Å². The van der Waals surface area contributed by atoms with Gasteiger partial charge in [0, 0.05) is 5.92 Å². The Kier molecular flexibility index (Phi) is 1.05. The van der Waals surface area contributed by atoms with Gasteiger partial charge in [0.25, 0.3) is 0 Å². The van der Waals surface area contributed by atoms with Gasteiger partial charge < -0.3 is 0 Å². The van der Waals surface area contributed by atoms with E-state index in [4.69, 9.17) is 0 Å². The summed E-state index contributed by atoms with van der Waals surface area (Å²) >= 11 is 0. The molecule has 0 aromatic rings. The summed E-state index contributed by atoms with van der Waals surface area (Å²) in [7, 11) is 0. The highest BCUT2D eigenvalue weighted by Gasteiger charge is 2.50. The highest BCUT2D eigenvalue weighted by molar-refractivity contribution is 6.00. The van der Waals surface area contributed by atoms with Crippen molar-refractivity contribution in [2.75, 3.05) is 0 Å². The quantitative estimate of drug-likeness (QED) is 0.495. The number of Topliss-reactive ketones (excluding diaryl/α,β-unsaturated/α-hetero) is 1. The second kappa shape index (κ2) is 1.90. The van der Waals surface area contributed by atoms with Crippen LogP contribution in [0.15, 0.2) is 23.8 Å². The molecule has 0 amide bonds. The topological polar surface area (TPSA) is 17.1 Å². The first-order valence-corrected chi connectivity index (χ1v) is 4.68. The Hall–Kier alpha value is -0.850. The number of hydrogen-bond acceptors (Lipinski definition) is 1. The maximum Gasteiger partial charge on any atom is 0.162 e. The Morgan fingerprint density at radius 3 is 2.83 bits per heavy atom. The molecule has 0 saturated heterocycles. The van der Waals surface area contributed by atoms with Gasteiger partial charge in [0.05, 0.1) is 0 Å². The van der Waals surface area contributed by atoms with Gasteiger partial charge in [0.2, 0.25) is 0 Å². The molecule has 3 aliphatic rings. The Balaban J connectivity index is 2.07. The summed E-state index contributed by atoms with van der Waals surface area (Å²) in [6.45, 7) is 1.96. The lowest BCUT2D eigenvalue weighted by molar-refractivity contribution is -0.119. The summed E-state index contributed by atoms with van der Waals surface area (Å²) in [5.74, 6) is 2.56. The molecule has 1 nitrogen and oxygen atoms in total. The van der Waals surface area contributed by atoms with E-state index >= 15 is 0 Å². The number of hydrogen-bond donors (Lipinski definition) is 0. The third kappa shape index (κ3) is 0.588. The van der Waals surface area contributed by atoms with Crippen LogP contribution in [0, 0.1) is 23.7 Å². The van der Waals surface area contributed by atoms with Crippen LogP contribution in [-0.4, -0.2) is 5.78 Å². The minimum atomic E-state index is 0.333. The van der Waals surface area contributed by atoms with E-state index in [1.165, 1.54) is 6.42 Å². The Labute approximate surface area is 72.2 Å². The number of fused-ring (bicyclic) bond motifs is 5. The maximum absolute atomic E-state index is 11.7. The molecule has 0 radical (unpaired) electrons. The van der Waals surface area contributed by atoms with E-state index in [0.717, 1.165) is 5.57 Å². The van der Waals surface area contributed by atoms with Gasteiger partial charge in [-0.05, 0) is 36.7 Å². The van der Waals surface area contributed by atoms with Gasteiger partial charge in [-0.15, -0.1) is 0 Å². The molecule has 2 bridgehead atoms. The van der Waals surface area contributed by atoms with Crippen molar-refractivity contribution in [3.8, 4) is 0 Å². The summed E-state index contributed by atoms with van der Waals surface area (Å²) in [5.41, 5.74) is 1.00. The third-order valence-corrected chi connectivity index (χ3v) is 3.65. The van der Waals surface area contributed by atoms with Gasteiger partial charge in [-0.1, -0.05) is 18.2 Å². The second-order valence-corrected chi connectivity index (χ2v) is 4.27. The molecule has 0 heterocycles. The molecule has 0 unspecified atom stereocenters. The van der Waals surface area contributed by atoms with Crippen molar-refractivity contribution in [2.24, 2.45) is 23.7 Å². The van der Waals surface area contributed by atoms with Gasteiger partial charge in [-0.2, -0.15) is 0 Å². The summed E-state index contributed by atoms with van der Waals surface area (Å²) in [4.78, 5) is 11.7. The van der Waals surface area contributed by atoms with E-state index in [1.54, 1.807) is 0 Å². The van der Waals surface area contributed by atoms with E-state index in [1.807, 2.05) is 6.92 Å². The maximum atomic E-state index is 11.7. The van der Waals surface area contributed by atoms with Gasteiger partial charge >= 0.3 is 0 Å². The molecule has 1 fully saturated rings. The predicted octanol–water partition coefficient (Wildman–Crippen LogP) is 1.95. The van der Waals surface area contributed by atoms with Gasteiger partial charge in [0.1, 0.15) is 0 Å². The third-order valence-electron chi connectivity index (χ3n) is 3.65. The number of carbonyl (C=O) groups excluding carboxylic acids is 1. The first kappa shape index (κ1) is 6.64. The summed E-state index contributed by atoms with van der Waals surface area (Å²) in [6.07, 6.45) is 7.97. The average molecular weight is 160 g/mol. The zero-order chi connectivity index (χ0) is 8.29. The second-order valence-electron chi connectivity index (χ2n) is 4.27. The molecule has 3 aliphatic carbocycles. The summed E-state index contributed by atoms with van der Waals surface area (Å²) < 4.78 is 0. The molecule has 0 spiro atoms. The SMILES string of the molecule is CC1=C[C@@H]2[C@H](C1=O)[C@@H]1C=C[C@H]2C1. The number of ketones is 1. The van der Waals surface area contributed by atoms with Crippen molar-refractivity contribution in [1.29, 1.82) is 0 Å². The molecule has 0 aromatic heterocycles. The van der Waals surface area contributed by atoms with Crippen LogP contribution >= 0.6 is 0 Å². The molecule has 3 rings (SSSR count). The highest BCUT2D eigenvalue weighted by atomic mass is 16.1.